The van der Waals surface area contributed by atoms with E-state index in [2.05, 4.69) is 60.6 Å². The Balaban J connectivity index is 2.91. The van der Waals surface area contributed by atoms with Crippen LogP contribution < -0.4 is 0 Å². The quantitative estimate of drug-likeness (QED) is 0.0782. The Morgan fingerprint density at radius 3 is 2.13 bits per heavy atom. The molecule has 5 unspecified atom stereocenters. The molecular formula is C33H54O5. The van der Waals surface area contributed by atoms with Crippen LogP contribution in [0.2, 0.25) is 0 Å². The van der Waals surface area contributed by atoms with E-state index in [1.165, 1.54) is 11.1 Å². The average Bonchev–Trinajstić information content (AvgIpc) is 3.16. The molecule has 38 heavy (non-hydrogen) atoms. The van der Waals surface area contributed by atoms with Gasteiger partial charge in [0.25, 0.3) is 0 Å². The van der Waals surface area contributed by atoms with Crippen molar-refractivity contribution in [2.75, 3.05) is 0 Å². The highest BCUT2D eigenvalue weighted by atomic mass is 16.5. The van der Waals surface area contributed by atoms with Gasteiger partial charge in [-0.2, -0.15) is 0 Å². The fourth-order valence-corrected chi connectivity index (χ4v) is 5.17. The van der Waals surface area contributed by atoms with Gasteiger partial charge in [0.2, 0.25) is 0 Å². The molecule has 0 spiro atoms. The largest absolute Gasteiger partial charge is 0.481 e. The van der Waals surface area contributed by atoms with Gasteiger partial charge in [0.15, 0.2) is 11.7 Å². The maximum Gasteiger partial charge on any atom is 0.321 e. The third kappa shape index (κ3) is 13.6. The lowest BCUT2D eigenvalue weighted by molar-refractivity contribution is -0.165. The topological polar surface area (TPSA) is 80.7 Å². The lowest BCUT2D eigenvalue weighted by Gasteiger charge is -2.25. The van der Waals surface area contributed by atoms with Crippen LogP contribution >= 0.6 is 0 Å². The van der Waals surface area contributed by atoms with Gasteiger partial charge in [0.05, 0.1) is 0 Å². The first-order valence-electron chi connectivity index (χ1n) is 14.9. The molecule has 5 atom stereocenters. The SMILES string of the molecule is CCCCCC1=CC(C(C(=O)O)C(=O)OC(CCC(C)CCC=C(C)C)CC(C)CCC=C(C)C)CC1=O. The standard InChI is InChI=1S/C33H54O5/c1-8-9-10-17-27-21-28(22-30(27)34)31(32(35)36)33(37)38-29(20-26(7)16-12-14-24(4)5)19-18-25(6)15-11-13-23(2)3/h13-14,21,25-26,28-29,31H,8-12,15-20,22H2,1-7H3,(H,35,36). The Kier molecular flexibility index (Phi) is 16.2. The highest BCUT2D eigenvalue weighted by molar-refractivity contribution is 6.01. The predicted octanol–water partition coefficient (Wildman–Crippen LogP) is 8.63. The summed E-state index contributed by atoms with van der Waals surface area (Å²) in [4.78, 5) is 38.0. The first-order chi connectivity index (χ1) is 17.9. The molecule has 0 fully saturated rings. The third-order valence-corrected chi connectivity index (χ3v) is 7.55. The van der Waals surface area contributed by atoms with Crippen LogP contribution in [0.15, 0.2) is 34.9 Å². The summed E-state index contributed by atoms with van der Waals surface area (Å²) in [5, 5.41) is 9.96. The van der Waals surface area contributed by atoms with Crippen LogP contribution in [-0.4, -0.2) is 28.9 Å². The molecule has 1 aliphatic carbocycles. The predicted molar refractivity (Wildman–Crippen MR) is 156 cm³/mol. The summed E-state index contributed by atoms with van der Waals surface area (Å²) >= 11 is 0. The smallest absolute Gasteiger partial charge is 0.321 e. The summed E-state index contributed by atoms with van der Waals surface area (Å²) in [6, 6.07) is 0. The summed E-state index contributed by atoms with van der Waals surface area (Å²) in [5.74, 6) is -3.04. The van der Waals surface area contributed by atoms with Crippen LogP contribution in [0.25, 0.3) is 0 Å². The van der Waals surface area contributed by atoms with Crippen molar-refractivity contribution >= 4 is 17.7 Å². The van der Waals surface area contributed by atoms with Crippen LogP contribution in [0.4, 0.5) is 0 Å². The lowest BCUT2D eigenvalue weighted by Crippen LogP contribution is -2.35. The van der Waals surface area contributed by atoms with Crippen molar-refractivity contribution in [2.45, 2.75) is 132 Å². The molecule has 0 radical (unpaired) electrons. The zero-order valence-corrected chi connectivity index (χ0v) is 25.2. The molecule has 5 heteroatoms. The van der Waals surface area contributed by atoms with Gasteiger partial charge in [0, 0.05) is 12.3 Å². The van der Waals surface area contributed by atoms with Crippen LogP contribution in [0.3, 0.4) is 0 Å². The highest BCUT2D eigenvalue weighted by Crippen LogP contribution is 2.32. The Hall–Kier alpha value is -2.17. The molecule has 1 aliphatic rings. The Labute approximate surface area is 232 Å². The number of hydrogen-bond donors (Lipinski definition) is 1. The van der Waals surface area contributed by atoms with E-state index >= 15 is 0 Å². The number of aliphatic carboxylic acids is 1. The zero-order chi connectivity index (χ0) is 28.7. The van der Waals surface area contributed by atoms with Gasteiger partial charge in [0.1, 0.15) is 6.10 Å². The van der Waals surface area contributed by atoms with E-state index in [1.807, 2.05) is 0 Å². The van der Waals surface area contributed by atoms with E-state index in [1.54, 1.807) is 6.08 Å². The van der Waals surface area contributed by atoms with Crippen molar-refractivity contribution in [3.63, 3.8) is 0 Å². The van der Waals surface area contributed by atoms with Crippen molar-refractivity contribution in [3.8, 4) is 0 Å². The summed E-state index contributed by atoms with van der Waals surface area (Å²) in [7, 11) is 0. The van der Waals surface area contributed by atoms with Gasteiger partial charge in [-0.1, -0.05) is 63.0 Å². The van der Waals surface area contributed by atoms with Gasteiger partial charge >= 0.3 is 11.9 Å². The van der Waals surface area contributed by atoms with Gasteiger partial charge in [-0.15, -0.1) is 0 Å². The lowest BCUT2D eigenvalue weighted by atomic mass is 9.90. The molecule has 5 nitrogen and oxygen atoms in total. The number of allylic oxidation sites excluding steroid dienone is 6. The number of unbranched alkanes of at least 4 members (excludes halogenated alkanes) is 2. The number of ether oxygens (including phenoxy) is 1. The van der Waals surface area contributed by atoms with Crippen molar-refractivity contribution in [1.82, 2.24) is 0 Å². The number of carbonyl (C=O) groups is 3. The Bertz CT molecular complexity index is 841. The van der Waals surface area contributed by atoms with Crippen LogP contribution in [0, 0.1) is 23.7 Å². The Morgan fingerprint density at radius 1 is 0.974 bits per heavy atom. The maximum absolute atomic E-state index is 13.3. The van der Waals surface area contributed by atoms with Crippen LogP contribution in [0.1, 0.15) is 126 Å². The van der Waals surface area contributed by atoms with Crippen molar-refractivity contribution in [1.29, 1.82) is 0 Å². The molecule has 0 aromatic heterocycles. The average molecular weight is 531 g/mol. The fraction of sp³-hybridized carbons (Fsp3) is 0.727. The summed E-state index contributed by atoms with van der Waals surface area (Å²) in [6.45, 7) is 14.9. The molecule has 1 rings (SSSR count). The monoisotopic (exact) mass is 530 g/mol. The van der Waals surface area contributed by atoms with Crippen LogP contribution in [-0.2, 0) is 19.1 Å². The van der Waals surface area contributed by atoms with E-state index < -0.39 is 23.8 Å². The second kappa shape index (κ2) is 18.2. The molecule has 0 saturated carbocycles. The van der Waals surface area contributed by atoms with Gasteiger partial charge in [-0.25, -0.2) is 0 Å². The van der Waals surface area contributed by atoms with Crippen molar-refractivity contribution in [3.05, 3.63) is 34.9 Å². The highest BCUT2D eigenvalue weighted by Gasteiger charge is 2.40. The maximum atomic E-state index is 13.3. The number of rotatable bonds is 19. The second-order valence-corrected chi connectivity index (χ2v) is 12.1. The summed E-state index contributed by atoms with van der Waals surface area (Å²) < 4.78 is 5.96. The first kappa shape index (κ1) is 33.9. The number of carbonyl (C=O) groups excluding carboxylic acids is 2. The van der Waals surface area contributed by atoms with Gasteiger partial charge in [-0.05, 0) is 103 Å². The molecule has 1 N–H and O–H groups in total. The second-order valence-electron chi connectivity index (χ2n) is 12.1. The molecular weight excluding hydrogens is 476 g/mol. The first-order valence-corrected chi connectivity index (χ1v) is 14.9. The van der Waals surface area contributed by atoms with Gasteiger partial charge < -0.3 is 9.84 Å². The molecule has 0 bridgehead atoms. The third-order valence-electron chi connectivity index (χ3n) is 7.55. The number of ketones is 1. The van der Waals surface area contributed by atoms with E-state index in [4.69, 9.17) is 4.74 Å². The minimum Gasteiger partial charge on any atom is -0.481 e. The molecule has 0 aromatic carbocycles. The summed E-state index contributed by atoms with van der Waals surface area (Å²) in [5.41, 5.74) is 3.29. The molecule has 0 aliphatic heterocycles. The van der Waals surface area contributed by atoms with E-state index in [-0.39, 0.29) is 18.3 Å². The van der Waals surface area contributed by atoms with Gasteiger partial charge in [-0.3, -0.25) is 14.4 Å². The van der Waals surface area contributed by atoms with E-state index in [0.717, 1.165) is 64.2 Å². The number of carboxylic acids is 1. The van der Waals surface area contributed by atoms with Crippen LogP contribution in [0.5, 0.6) is 0 Å². The zero-order valence-electron chi connectivity index (χ0n) is 25.2. The van der Waals surface area contributed by atoms with E-state index in [0.29, 0.717) is 23.8 Å². The normalized spacial score (nSPS) is 18.2. The number of carboxylic acid groups (broad SMARTS) is 1. The molecule has 0 aromatic rings. The number of esters is 1. The number of Topliss-reactive ketones (excluding diaryl/α,β-unsaturated/α-hetero) is 1. The minimum atomic E-state index is -1.33. The van der Waals surface area contributed by atoms with Crippen molar-refractivity contribution in [2.24, 2.45) is 23.7 Å². The number of hydrogen-bond acceptors (Lipinski definition) is 4. The minimum absolute atomic E-state index is 0.0280. The molecule has 216 valence electrons. The van der Waals surface area contributed by atoms with E-state index in [9.17, 15) is 19.5 Å². The fourth-order valence-electron chi connectivity index (χ4n) is 5.17. The molecule has 0 saturated heterocycles. The summed E-state index contributed by atoms with van der Waals surface area (Å²) in [6.07, 6.45) is 16.1. The molecule has 0 amide bonds. The molecule has 0 heterocycles. The Morgan fingerprint density at radius 2 is 1.58 bits per heavy atom. The van der Waals surface area contributed by atoms with Crippen molar-refractivity contribution < 1.29 is 24.2 Å².